The average molecular weight is 223 g/mol. The van der Waals surface area contributed by atoms with Crippen LogP contribution in [0.3, 0.4) is 0 Å². The Morgan fingerprint density at radius 1 is 1.36 bits per heavy atom. The zero-order chi connectivity index (χ0) is 9.47. The van der Waals surface area contributed by atoms with Crippen molar-refractivity contribution in [2.75, 3.05) is 0 Å². The Morgan fingerprint density at radius 3 is 2.71 bits per heavy atom. The van der Waals surface area contributed by atoms with Crippen LogP contribution in [0, 0.1) is 0 Å². The number of rotatable bonds is 1. The molecule has 1 heterocycles. The van der Waals surface area contributed by atoms with E-state index in [4.69, 9.17) is 4.55 Å². The number of aromatic nitrogens is 3. The molecule has 2 rings (SSSR count). The van der Waals surface area contributed by atoms with Crippen molar-refractivity contribution in [2.45, 2.75) is 4.90 Å². The first-order chi connectivity index (χ1) is 6.09. The normalized spacial score (nSPS) is 11.2. The molecule has 2 aromatic rings. The molecular weight excluding hydrogens is 217 g/mol. The number of benzene rings is 1. The van der Waals surface area contributed by atoms with Gasteiger partial charge in [0.1, 0.15) is 15.9 Å². The van der Waals surface area contributed by atoms with Crippen molar-refractivity contribution in [1.29, 1.82) is 0 Å². The number of hydrogen-bond acceptors (Lipinski definition) is 4. The Hall–Kier alpha value is -0.470. The summed E-state index contributed by atoms with van der Waals surface area (Å²) in [5, 5.41) is 9.57. The predicted octanol–water partition coefficient (Wildman–Crippen LogP) is -2.68. The largest absolute Gasteiger partial charge is 1.00 e. The Kier molecular flexibility index (Phi) is 3.28. The SMILES string of the molecule is O=S(=O)(O)c1cccc2n[nH]nc12.[H-].[Na+]. The summed E-state index contributed by atoms with van der Waals surface area (Å²) in [4.78, 5) is -0.237. The van der Waals surface area contributed by atoms with Crippen molar-refractivity contribution < 1.29 is 44.0 Å². The molecule has 0 unspecified atom stereocenters. The summed E-state index contributed by atoms with van der Waals surface area (Å²) in [6.45, 7) is 0. The first kappa shape index (κ1) is 11.6. The Balaban J connectivity index is 0.000000980. The van der Waals surface area contributed by atoms with Crippen LogP contribution in [0.5, 0.6) is 0 Å². The summed E-state index contributed by atoms with van der Waals surface area (Å²) in [6.07, 6.45) is 0. The van der Waals surface area contributed by atoms with E-state index in [-0.39, 0.29) is 41.4 Å². The third-order valence-electron chi connectivity index (χ3n) is 1.59. The van der Waals surface area contributed by atoms with Gasteiger partial charge in [0.15, 0.2) is 0 Å². The number of nitrogens with zero attached hydrogens (tertiary/aromatic N) is 2. The van der Waals surface area contributed by atoms with Crippen molar-refractivity contribution in [3.05, 3.63) is 18.2 Å². The van der Waals surface area contributed by atoms with Gasteiger partial charge >= 0.3 is 29.6 Å². The van der Waals surface area contributed by atoms with Crippen LogP contribution in [0.25, 0.3) is 11.0 Å². The van der Waals surface area contributed by atoms with Gasteiger partial charge in [0.2, 0.25) is 0 Å². The second kappa shape index (κ2) is 3.95. The molecule has 0 atom stereocenters. The van der Waals surface area contributed by atoms with Crippen molar-refractivity contribution in [3.8, 4) is 0 Å². The first-order valence-electron chi connectivity index (χ1n) is 3.36. The van der Waals surface area contributed by atoms with Gasteiger partial charge in [0.25, 0.3) is 10.1 Å². The zero-order valence-electron chi connectivity index (χ0n) is 8.30. The number of para-hydroxylation sites is 1. The van der Waals surface area contributed by atoms with Gasteiger partial charge in [0.05, 0.1) is 0 Å². The molecule has 0 spiro atoms. The fourth-order valence-electron chi connectivity index (χ4n) is 1.05. The van der Waals surface area contributed by atoms with E-state index in [1.54, 1.807) is 6.07 Å². The van der Waals surface area contributed by atoms with Crippen molar-refractivity contribution >= 4 is 21.2 Å². The van der Waals surface area contributed by atoms with Crippen LogP contribution in [-0.2, 0) is 10.1 Å². The van der Waals surface area contributed by atoms with Crippen LogP contribution in [0.1, 0.15) is 1.43 Å². The standard InChI is InChI=1S/C6H5N3O3S.Na.H/c10-13(11,12)5-3-1-2-4-6(5)8-9-7-4;;/h1-3H,(H,7,8,9)(H,10,11,12);;/q;+1;-1. The molecule has 6 nitrogen and oxygen atoms in total. The maximum absolute atomic E-state index is 10.8. The minimum absolute atomic E-state index is 0. The van der Waals surface area contributed by atoms with Gasteiger partial charge in [-0.2, -0.15) is 23.8 Å². The summed E-state index contributed by atoms with van der Waals surface area (Å²) in [7, 11) is -4.22. The van der Waals surface area contributed by atoms with Gasteiger partial charge < -0.3 is 1.43 Å². The first-order valence-corrected chi connectivity index (χ1v) is 4.80. The number of H-pyrrole nitrogens is 1. The van der Waals surface area contributed by atoms with Gasteiger partial charge in [-0.15, -0.1) is 0 Å². The Morgan fingerprint density at radius 2 is 2.07 bits per heavy atom. The van der Waals surface area contributed by atoms with E-state index in [1.165, 1.54) is 12.1 Å². The molecule has 0 amide bonds. The molecule has 70 valence electrons. The molecule has 0 bridgehead atoms. The topological polar surface area (TPSA) is 95.9 Å². The van der Waals surface area contributed by atoms with E-state index in [0.717, 1.165) is 0 Å². The molecule has 0 aliphatic rings. The zero-order valence-corrected chi connectivity index (χ0v) is 10.1. The fourth-order valence-corrected chi connectivity index (χ4v) is 1.70. The van der Waals surface area contributed by atoms with Crippen LogP contribution < -0.4 is 29.6 Å². The average Bonchev–Trinajstić information content (AvgIpc) is 2.48. The van der Waals surface area contributed by atoms with E-state index in [0.29, 0.717) is 5.52 Å². The minimum atomic E-state index is -4.22. The van der Waals surface area contributed by atoms with Gasteiger partial charge in [-0.1, -0.05) is 6.07 Å². The summed E-state index contributed by atoms with van der Waals surface area (Å²) in [6, 6.07) is 4.33. The van der Waals surface area contributed by atoms with Crippen LogP contribution in [-0.4, -0.2) is 28.4 Å². The maximum atomic E-state index is 10.8. The number of nitrogens with one attached hydrogen (secondary N) is 1. The van der Waals surface area contributed by atoms with Crippen LogP contribution in [0.2, 0.25) is 0 Å². The molecule has 0 aliphatic carbocycles. The van der Waals surface area contributed by atoms with Gasteiger partial charge in [0, 0.05) is 0 Å². The smallest absolute Gasteiger partial charge is 1.00 e. The van der Waals surface area contributed by atoms with E-state index in [9.17, 15) is 8.42 Å². The monoisotopic (exact) mass is 223 g/mol. The van der Waals surface area contributed by atoms with E-state index < -0.39 is 10.1 Å². The summed E-state index contributed by atoms with van der Waals surface area (Å²) >= 11 is 0. The Bertz CT molecular complexity index is 556. The van der Waals surface area contributed by atoms with Crippen molar-refractivity contribution in [1.82, 2.24) is 15.4 Å². The van der Waals surface area contributed by atoms with Gasteiger partial charge in [-0.25, -0.2) is 0 Å². The molecule has 0 saturated heterocycles. The molecule has 14 heavy (non-hydrogen) atoms. The van der Waals surface area contributed by atoms with Crippen LogP contribution in [0.15, 0.2) is 23.1 Å². The molecule has 2 N–H and O–H groups in total. The molecule has 1 aromatic heterocycles. The summed E-state index contributed by atoms with van der Waals surface area (Å²) < 4.78 is 30.4. The summed E-state index contributed by atoms with van der Waals surface area (Å²) in [5.41, 5.74) is 0.542. The van der Waals surface area contributed by atoms with Gasteiger partial charge in [-0.05, 0) is 12.1 Å². The second-order valence-electron chi connectivity index (χ2n) is 2.42. The Labute approximate surface area is 103 Å². The molecule has 0 fully saturated rings. The summed E-state index contributed by atoms with van der Waals surface area (Å²) in [5.74, 6) is 0. The van der Waals surface area contributed by atoms with Crippen LogP contribution in [0.4, 0.5) is 0 Å². The quantitative estimate of drug-likeness (QED) is 0.406. The molecular formula is C6H6N3NaO3S. The number of aromatic amines is 1. The molecule has 8 heteroatoms. The van der Waals surface area contributed by atoms with Gasteiger partial charge in [-0.3, -0.25) is 4.55 Å². The third kappa shape index (κ3) is 1.96. The molecule has 0 aliphatic heterocycles. The van der Waals surface area contributed by atoms with Crippen LogP contribution >= 0.6 is 0 Å². The molecule has 1 aromatic carbocycles. The van der Waals surface area contributed by atoms with E-state index in [2.05, 4.69) is 15.4 Å². The second-order valence-corrected chi connectivity index (χ2v) is 3.81. The maximum Gasteiger partial charge on any atom is 1.00 e. The van der Waals surface area contributed by atoms with E-state index >= 15 is 0 Å². The predicted molar refractivity (Wildman–Crippen MR) is 44.8 cm³/mol. The fraction of sp³-hybridized carbons (Fsp3) is 0. The van der Waals surface area contributed by atoms with Crippen molar-refractivity contribution in [2.24, 2.45) is 0 Å². The number of fused-ring (bicyclic) bond motifs is 1. The molecule has 0 saturated carbocycles. The molecule has 0 radical (unpaired) electrons. The minimum Gasteiger partial charge on any atom is -1.00 e. The van der Waals surface area contributed by atoms with E-state index in [1.807, 2.05) is 0 Å². The third-order valence-corrected chi connectivity index (χ3v) is 2.47. The number of hydrogen-bond donors (Lipinski definition) is 2. The van der Waals surface area contributed by atoms with Crippen molar-refractivity contribution in [3.63, 3.8) is 0 Å².